The highest BCUT2D eigenvalue weighted by Gasteiger charge is 2.50. The van der Waals surface area contributed by atoms with Crippen LogP contribution in [0.25, 0.3) is 11.2 Å². The lowest BCUT2D eigenvalue weighted by Gasteiger charge is -2.30. The number of rotatable bonds is 33. The van der Waals surface area contributed by atoms with Crippen LogP contribution in [-0.2, 0) is 50.7 Å². The van der Waals surface area contributed by atoms with Crippen molar-refractivity contribution in [1.82, 2.24) is 30.2 Å². The van der Waals surface area contributed by atoms with Crippen LogP contribution >= 0.6 is 35.2 Å². The van der Waals surface area contributed by atoms with Gasteiger partial charge in [-0.1, -0.05) is 103 Å². The van der Waals surface area contributed by atoms with Gasteiger partial charge < -0.3 is 50.9 Å². The first-order chi connectivity index (χ1) is 31.4. The number of phosphoric ester groups is 3. The quantitative estimate of drug-likeness (QED) is 0.0356. The number of imidazole rings is 1. The Kier molecular flexibility index (Phi) is 24.3. The molecule has 2 aromatic heterocycles. The molecule has 8 atom stereocenters. The van der Waals surface area contributed by atoms with Gasteiger partial charge >= 0.3 is 23.5 Å². The minimum absolute atomic E-state index is 0.0144. The summed E-state index contributed by atoms with van der Waals surface area (Å²) in [5.41, 5.74) is 4.19. The Bertz CT molecular complexity index is 2040. The van der Waals surface area contributed by atoms with Gasteiger partial charge in [0.1, 0.15) is 36.3 Å². The summed E-state index contributed by atoms with van der Waals surface area (Å²) in [7, 11) is -16.5. The van der Waals surface area contributed by atoms with E-state index in [-0.39, 0.29) is 48.7 Å². The van der Waals surface area contributed by atoms with E-state index in [0.717, 1.165) is 42.9 Å². The average molecular weight is 1040 g/mol. The second-order valence-electron chi connectivity index (χ2n) is 16.5. The van der Waals surface area contributed by atoms with Crippen molar-refractivity contribution in [3.63, 3.8) is 0 Å². The number of aromatic nitrogens is 4. The summed E-state index contributed by atoms with van der Waals surface area (Å²) >= 11 is 0.710. The third-order valence-corrected chi connectivity index (χ3v) is 14.6. The summed E-state index contributed by atoms with van der Waals surface area (Å²) in [6.07, 6.45) is 1.84. The van der Waals surface area contributed by atoms with Gasteiger partial charge in [0, 0.05) is 30.7 Å². The number of unbranched alkanes of at least 4 members (excludes halogenated alkanes) is 10. The molecule has 10 N–H and O–H groups in total. The maximum atomic E-state index is 13.6. The molecule has 384 valence electrons. The molecule has 3 unspecified atom stereocenters. The number of aliphatic hydroxyl groups is 2. The molecule has 67 heavy (non-hydrogen) atoms. The number of amides is 2. The number of thioether (sulfide) groups is 1. The molecule has 0 bridgehead atoms. The van der Waals surface area contributed by atoms with E-state index in [1.165, 1.54) is 52.4 Å². The summed E-state index contributed by atoms with van der Waals surface area (Å²) in [5.74, 6) is -2.99. The minimum Gasteiger partial charge on any atom is -0.386 e. The van der Waals surface area contributed by atoms with Crippen LogP contribution in [0.15, 0.2) is 12.7 Å². The predicted molar refractivity (Wildman–Crippen MR) is 238 cm³/mol. The van der Waals surface area contributed by atoms with Crippen molar-refractivity contribution in [2.24, 2.45) is 11.3 Å². The Morgan fingerprint density at radius 1 is 0.925 bits per heavy atom. The van der Waals surface area contributed by atoms with E-state index in [0.29, 0.717) is 18.2 Å². The van der Waals surface area contributed by atoms with Gasteiger partial charge in [-0.15, -0.1) is 0 Å². The molecule has 0 radical (unpaired) electrons. The lowest BCUT2D eigenvalue weighted by Crippen LogP contribution is -2.46. The van der Waals surface area contributed by atoms with Crippen molar-refractivity contribution in [3.8, 4) is 0 Å². The van der Waals surface area contributed by atoms with Crippen LogP contribution in [0.3, 0.4) is 0 Å². The fourth-order valence-electron chi connectivity index (χ4n) is 6.76. The Hall–Kier alpha value is -2.58. The zero-order valence-corrected chi connectivity index (χ0v) is 41.0. The van der Waals surface area contributed by atoms with Crippen LogP contribution in [0.2, 0.25) is 0 Å². The number of hydrogen-bond donors (Lipinski definition) is 9. The lowest BCUT2D eigenvalue weighted by atomic mass is 9.87. The first-order valence-electron chi connectivity index (χ1n) is 21.7. The molecule has 1 fully saturated rings. The molecule has 3 heterocycles. The van der Waals surface area contributed by atoms with E-state index in [1.54, 1.807) is 0 Å². The molecular weight excluding hydrogens is 977 g/mol. The Balaban J connectivity index is 1.37. The third-order valence-electron chi connectivity index (χ3n) is 10.5. The number of nitrogens with zero attached hydrogens (tertiary/aromatic N) is 4. The molecule has 1 aliphatic rings. The number of nitrogens with two attached hydrogens (primary N) is 1. The second kappa shape index (κ2) is 27.7. The van der Waals surface area contributed by atoms with E-state index >= 15 is 0 Å². The number of phosphoric acid groups is 3. The van der Waals surface area contributed by atoms with Crippen LogP contribution in [0.1, 0.15) is 110 Å². The average Bonchev–Trinajstić information content (AvgIpc) is 3.80. The molecule has 1 saturated heterocycles. The van der Waals surface area contributed by atoms with E-state index in [4.69, 9.17) is 19.5 Å². The summed E-state index contributed by atoms with van der Waals surface area (Å²) in [6, 6.07) is 0. The summed E-state index contributed by atoms with van der Waals surface area (Å²) in [5, 5.41) is 25.7. The van der Waals surface area contributed by atoms with Gasteiger partial charge in [0.05, 0.1) is 25.5 Å². The number of aliphatic hydroxyl groups excluding tert-OH is 2. The maximum absolute atomic E-state index is 13.6. The maximum Gasteiger partial charge on any atom is 0.481 e. The molecule has 30 heteroatoms. The number of halogens is 2. The highest BCUT2D eigenvalue weighted by Crippen LogP contribution is 2.61. The second-order valence-corrected chi connectivity index (χ2v) is 21.8. The number of hydrogen-bond acceptors (Lipinski definition) is 18. The van der Waals surface area contributed by atoms with Crippen molar-refractivity contribution in [2.45, 2.75) is 141 Å². The first-order valence-corrected chi connectivity index (χ1v) is 27.2. The van der Waals surface area contributed by atoms with Crippen LogP contribution in [-0.4, -0.2) is 129 Å². The number of nitrogen functional groups attached to an aromatic ring is 1. The number of carbonyl (C=O) groups excluding carboxylic acids is 3. The number of alkyl halides is 2. The zero-order valence-electron chi connectivity index (χ0n) is 37.5. The van der Waals surface area contributed by atoms with Gasteiger partial charge in [-0.05, 0) is 6.42 Å². The molecule has 2 aromatic rings. The van der Waals surface area contributed by atoms with Crippen LogP contribution in [0.5, 0.6) is 0 Å². The standard InChI is InChI=1S/C37H64F2N7O17P3S/c1-4-5-6-7-8-9-10-11-12-13-14-15-24(31(38)39)36(51)67-19-18-41-26(47)16-17-42-34(50)30(49)37(2,3)21-60-66(57,58)63-65(55,56)59-20-25-29(62-64(52,53)54)28(48)35(61-25)46-23-45-27-32(40)43-22-44-33(27)46/h22-25,28-31,35,48-49H,4-21H2,1-3H3,(H,41,47)(H,42,50)(H,55,56)(H,57,58)(H2,40,43,44)(H2,52,53,54)/t24?,25-,28-,29-,30+,35-/m1/s1. The number of carbonyl (C=O) groups is 3. The Morgan fingerprint density at radius 2 is 1.54 bits per heavy atom. The van der Waals surface area contributed by atoms with Gasteiger partial charge in [-0.2, -0.15) is 4.31 Å². The van der Waals surface area contributed by atoms with Crippen LogP contribution < -0.4 is 16.4 Å². The van der Waals surface area contributed by atoms with E-state index < -0.39 is 102 Å². The van der Waals surface area contributed by atoms with Gasteiger partial charge in [0.2, 0.25) is 18.2 Å². The molecule has 1 aliphatic heterocycles. The normalized spacial score (nSPS) is 20.7. The van der Waals surface area contributed by atoms with Crippen LogP contribution in [0.4, 0.5) is 14.6 Å². The molecule has 24 nitrogen and oxygen atoms in total. The van der Waals surface area contributed by atoms with Gasteiger partial charge in [0.25, 0.3) is 0 Å². The SMILES string of the molecule is CCCCCCCCCCCCCC(C(=O)SCCNC(=O)CCNC(=O)[C@H](O)C(C)(C)COP(=O)(O)OP(=O)(O)OC[C@H]1O[C@@H](n2cnc3c(N)ncnc32)[C@H](O)[C@@H]1OP(=O)(O)O)C(F)F. The zero-order chi connectivity index (χ0) is 50.0. The monoisotopic (exact) mass is 1040 g/mol. The number of nitrogens with one attached hydrogen (secondary N) is 2. The molecular formula is C37H64F2N7O17P3S. The van der Waals surface area contributed by atoms with Crippen molar-refractivity contribution < 1.29 is 89.3 Å². The summed E-state index contributed by atoms with van der Waals surface area (Å²) in [6.45, 7) is 2.24. The molecule has 3 rings (SSSR count). The lowest BCUT2D eigenvalue weighted by molar-refractivity contribution is -0.137. The fourth-order valence-corrected chi connectivity index (χ4v) is 10.4. The van der Waals surface area contributed by atoms with Gasteiger partial charge in [0.15, 0.2) is 22.8 Å². The smallest absolute Gasteiger partial charge is 0.386 e. The Labute approximate surface area is 390 Å². The van der Waals surface area contributed by atoms with E-state index in [2.05, 4.69) is 41.3 Å². The van der Waals surface area contributed by atoms with Gasteiger partial charge in [-0.25, -0.2) is 37.4 Å². The van der Waals surface area contributed by atoms with Gasteiger partial charge in [-0.3, -0.25) is 32.5 Å². The topological polar surface area (TPSA) is 364 Å². The number of ether oxygens (including phenoxy) is 1. The fraction of sp³-hybridized carbons (Fsp3) is 0.784. The minimum atomic E-state index is -5.61. The molecule has 0 aliphatic carbocycles. The summed E-state index contributed by atoms with van der Waals surface area (Å²) in [4.78, 5) is 88.6. The van der Waals surface area contributed by atoms with E-state index in [1.807, 2.05) is 0 Å². The predicted octanol–water partition coefficient (Wildman–Crippen LogP) is 4.25. The van der Waals surface area contributed by atoms with Crippen molar-refractivity contribution in [1.29, 1.82) is 0 Å². The summed E-state index contributed by atoms with van der Waals surface area (Å²) < 4.78 is 89.6. The van der Waals surface area contributed by atoms with Crippen molar-refractivity contribution >= 4 is 69.1 Å². The van der Waals surface area contributed by atoms with Crippen LogP contribution in [0, 0.1) is 11.3 Å². The molecule has 0 aromatic carbocycles. The number of fused-ring (bicyclic) bond motifs is 1. The number of anilines is 1. The Morgan fingerprint density at radius 3 is 2.15 bits per heavy atom. The molecule has 0 spiro atoms. The highest BCUT2D eigenvalue weighted by molar-refractivity contribution is 8.13. The van der Waals surface area contributed by atoms with Crippen molar-refractivity contribution in [3.05, 3.63) is 12.7 Å². The molecule has 2 amide bonds. The first kappa shape index (κ1) is 58.7. The van der Waals surface area contributed by atoms with Crippen molar-refractivity contribution in [2.75, 3.05) is 37.8 Å². The van der Waals surface area contributed by atoms with E-state index in [9.17, 15) is 66.6 Å². The third kappa shape index (κ3) is 20.4. The molecule has 0 saturated carbocycles. The largest absolute Gasteiger partial charge is 0.481 e. The highest BCUT2D eigenvalue weighted by atomic mass is 32.2.